The number of anilines is 2. The van der Waals surface area contributed by atoms with Gasteiger partial charge in [0.15, 0.2) is 0 Å². The lowest BCUT2D eigenvalue weighted by molar-refractivity contribution is -0.119. The number of aromatic nitrogens is 3. The monoisotopic (exact) mass is 434 g/mol. The van der Waals surface area contributed by atoms with E-state index >= 15 is 0 Å². The average molecular weight is 435 g/mol. The maximum absolute atomic E-state index is 12.2. The Balaban J connectivity index is 1.51. The van der Waals surface area contributed by atoms with Gasteiger partial charge in [-0.3, -0.25) is 14.5 Å². The Morgan fingerprint density at radius 3 is 2.62 bits per heavy atom. The van der Waals surface area contributed by atoms with Crippen molar-refractivity contribution in [2.24, 2.45) is 0 Å². The quantitative estimate of drug-likeness (QED) is 0.617. The summed E-state index contributed by atoms with van der Waals surface area (Å²) < 4.78 is 9.15. The summed E-state index contributed by atoms with van der Waals surface area (Å²) in [4.78, 5) is 29.9. The molecule has 0 radical (unpaired) electrons. The maximum Gasteiger partial charge on any atom is 0.239 e. The second-order valence-electron chi connectivity index (χ2n) is 5.57. The Morgan fingerprint density at radius 1 is 1.12 bits per heavy atom. The van der Waals surface area contributed by atoms with Gasteiger partial charge in [0.05, 0.1) is 30.5 Å². The third-order valence-corrected chi connectivity index (χ3v) is 4.39. The molecule has 10 heteroatoms. The molecule has 0 bridgehead atoms. The molecule has 3 rings (SSSR count). The first-order valence-corrected chi connectivity index (χ1v) is 9.14. The number of likely N-dealkylation sites (N-methyl/N-ethyl adjacent to an activating group) is 1. The summed E-state index contributed by atoms with van der Waals surface area (Å²) in [6, 6.07) is 8.89. The van der Waals surface area contributed by atoms with Crippen LogP contribution in [0, 0.1) is 0 Å². The lowest BCUT2D eigenvalue weighted by atomic mass is 10.2. The van der Waals surface area contributed by atoms with E-state index in [1.54, 1.807) is 36.3 Å². The van der Waals surface area contributed by atoms with E-state index in [9.17, 15) is 9.59 Å². The Bertz CT molecular complexity index is 930. The van der Waals surface area contributed by atoms with Crippen molar-refractivity contribution in [1.82, 2.24) is 18.6 Å². The second-order valence-corrected chi connectivity index (χ2v) is 7.01. The number of nitrogens with one attached hydrogen (secondary N) is 2. The normalized spacial score (nSPS) is 10.9. The van der Waals surface area contributed by atoms with E-state index in [1.807, 2.05) is 12.1 Å². The molecule has 2 N–H and O–H groups in total. The predicted molar refractivity (Wildman–Crippen MR) is 104 cm³/mol. The summed E-state index contributed by atoms with van der Waals surface area (Å²) in [6.45, 7) is 0.128. The van der Waals surface area contributed by atoms with Crippen molar-refractivity contribution in [1.29, 1.82) is 0 Å². The Hall–Kier alpha value is -2.43. The molecule has 134 valence electrons. The molecular weight excluding hydrogens is 420 g/mol. The number of rotatable bonds is 6. The number of benzene rings is 1. The summed E-state index contributed by atoms with van der Waals surface area (Å²) in [7, 11) is 1.69. The third kappa shape index (κ3) is 4.81. The number of hydrogen-bond donors (Lipinski definition) is 2. The van der Waals surface area contributed by atoms with E-state index in [1.165, 1.54) is 0 Å². The third-order valence-electron chi connectivity index (χ3n) is 3.38. The van der Waals surface area contributed by atoms with Crippen molar-refractivity contribution < 1.29 is 9.59 Å². The molecule has 0 saturated carbocycles. The van der Waals surface area contributed by atoms with Crippen LogP contribution in [-0.2, 0) is 9.59 Å². The molecule has 26 heavy (non-hydrogen) atoms. The number of pyridine rings is 1. The van der Waals surface area contributed by atoms with Gasteiger partial charge in [-0.15, -0.1) is 0 Å². The van der Waals surface area contributed by atoms with Crippen LogP contribution in [0.3, 0.4) is 0 Å². The van der Waals surface area contributed by atoms with E-state index in [0.29, 0.717) is 17.0 Å². The van der Waals surface area contributed by atoms with Crippen molar-refractivity contribution in [2.45, 2.75) is 0 Å². The van der Waals surface area contributed by atoms with Gasteiger partial charge in [0.25, 0.3) is 0 Å². The summed E-state index contributed by atoms with van der Waals surface area (Å²) in [5.41, 5.74) is 2.01. The fourth-order valence-electron chi connectivity index (χ4n) is 2.28. The number of carbonyl (C=O) groups is 2. The van der Waals surface area contributed by atoms with E-state index in [0.717, 1.165) is 21.7 Å². The second kappa shape index (κ2) is 8.30. The Morgan fingerprint density at radius 2 is 1.88 bits per heavy atom. The summed E-state index contributed by atoms with van der Waals surface area (Å²) in [6.07, 6.45) is 1.60. The van der Waals surface area contributed by atoms with Crippen LogP contribution in [0.1, 0.15) is 0 Å². The first-order chi connectivity index (χ1) is 12.5. The van der Waals surface area contributed by atoms with Gasteiger partial charge in [0, 0.05) is 10.7 Å². The maximum atomic E-state index is 12.2. The fraction of sp³-hybridized carbons (Fsp3) is 0.188. The highest BCUT2D eigenvalue weighted by atomic mass is 79.9. The minimum atomic E-state index is -0.249. The van der Waals surface area contributed by atoms with Crippen LogP contribution < -0.4 is 10.6 Å². The molecule has 0 aliphatic carbocycles. The van der Waals surface area contributed by atoms with Gasteiger partial charge in [0.2, 0.25) is 11.8 Å². The van der Waals surface area contributed by atoms with Crippen LogP contribution in [-0.4, -0.2) is 50.6 Å². The predicted octanol–water partition coefficient (Wildman–Crippen LogP) is 2.36. The topological polar surface area (TPSA) is 100 Å². The van der Waals surface area contributed by atoms with Crippen LogP contribution in [0.2, 0.25) is 0 Å². The highest BCUT2D eigenvalue weighted by Gasteiger charge is 2.13. The van der Waals surface area contributed by atoms with Gasteiger partial charge < -0.3 is 10.6 Å². The van der Waals surface area contributed by atoms with Crippen LogP contribution in [0.25, 0.3) is 11.0 Å². The molecular formula is C16H15BrN6O2S. The zero-order valence-corrected chi connectivity index (χ0v) is 16.2. The van der Waals surface area contributed by atoms with Gasteiger partial charge >= 0.3 is 0 Å². The van der Waals surface area contributed by atoms with Crippen molar-refractivity contribution in [3.05, 3.63) is 41.0 Å². The molecule has 3 aromatic rings. The average Bonchev–Trinajstić information content (AvgIpc) is 3.06. The minimum absolute atomic E-state index is 0.0631. The number of amides is 2. The van der Waals surface area contributed by atoms with Crippen molar-refractivity contribution in [3.8, 4) is 0 Å². The first kappa shape index (κ1) is 18.4. The molecule has 1 aromatic carbocycles. The molecule has 0 unspecified atom stereocenters. The van der Waals surface area contributed by atoms with Crippen LogP contribution in [0.4, 0.5) is 11.5 Å². The zero-order chi connectivity index (χ0) is 18.5. The molecule has 8 nitrogen and oxygen atoms in total. The molecule has 0 fully saturated rings. The molecule has 0 aliphatic heterocycles. The molecule has 2 aromatic heterocycles. The Labute approximate surface area is 162 Å². The van der Waals surface area contributed by atoms with Crippen molar-refractivity contribution in [3.63, 3.8) is 0 Å². The molecule has 0 spiro atoms. The first-order valence-electron chi connectivity index (χ1n) is 7.62. The zero-order valence-electron chi connectivity index (χ0n) is 13.8. The smallest absolute Gasteiger partial charge is 0.239 e. The van der Waals surface area contributed by atoms with Gasteiger partial charge in [-0.05, 0) is 47.2 Å². The van der Waals surface area contributed by atoms with E-state index in [4.69, 9.17) is 0 Å². The Kier molecular flexibility index (Phi) is 5.86. The summed E-state index contributed by atoms with van der Waals surface area (Å²) in [5.74, 6) is -0.0257. The minimum Gasteiger partial charge on any atom is -0.323 e. The van der Waals surface area contributed by atoms with Gasteiger partial charge in [-0.1, -0.05) is 6.07 Å². The standard InChI is InChI=1S/C16H15BrN6O2S/c1-23(9-15(25)20-13-6-5-10(17)7-18-13)8-14(24)19-11-3-2-4-12-16(11)22-26-21-12/h2-7H,8-9H2,1H3,(H,19,24)(H,18,20,25). The number of nitrogens with zero attached hydrogens (tertiary/aromatic N) is 4. The van der Waals surface area contributed by atoms with Gasteiger partial charge in [-0.2, -0.15) is 8.75 Å². The lowest BCUT2D eigenvalue weighted by Gasteiger charge is -2.16. The molecule has 2 amide bonds. The molecule has 0 saturated heterocycles. The highest BCUT2D eigenvalue weighted by Crippen LogP contribution is 2.20. The SMILES string of the molecule is CN(CC(=O)Nc1ccc(Br)cn1)CC(=O)Nc1cccc2nsnc12. The van der Waals surface area contributed by atoms with E-state index in [2.05, 4.69) is 40.3 Å². The molecule has 2 heterocycles. The van der Waals surface area contributed by atoms with Crippen LogP contribution >= 0.6 is 27.7 Å². The van der Waals surface area contributed by atoms with Gasteiger partial charge in [0.1, 0.15) is 16.9 Å². The van der Waals surface area contributed by atoms with Crippen molar-refractivity contribution >= 4 is 62.0 Å². The highest BCUT2D eigenvalue weighted by molar-refractivity contribution is 9.10. The lowest BCUT2D eigenvalue weighted by Crippen LogP contribution is -2.36. The van der Waals surface area contributed by atoms with Gasteiger partial charge in [-0.25, -0.2) is 4.98 Å². The molecule has 0 atom stereocenters. The largest absolute Gasteiger partial charge is 0.323 e. The summed E-state index contributed by atoms with van der Waals surface area (Å²) in [5, 5.41) is 5.49. The van der Waals surface area contributed by atoms with Crippen molar-refractivity contribution in [2.75, 3.05) is 30.8 Å². The molecule has 0 aliphatic rings. The number of carbonyl (C=O) groups excluding carboxylic acids is 2. The van der Waals surface area contributed by atoms with Crippen LogP contribution in [0.5, 0.6) is 0 Å². The fourth-order valence-corrected chi connectivity index (χ4v) is 3.06. The number of fused-ring (bicyclic) bond motifs is 1. The number of hydrogen-bond acceptors (Lipinski definition) is 7. The summed E-state index contributed by atoms with van der Waals surface area (Å²) >= 11 is 4.38. The van der Waals surface area contributed by atoms with E-state index in [-0.39, 0.29) is 24.9 Å². The van der Waals surface area contributed by atoms with E-state index < -0.39 is 0 Å². The number of halogens is 1. The van der Waals surface area contributed by atoms with Crippen LogP contribution in [0.15, 0.2) is 41.0 Å².